The first kappa shape index (κ1) is 19.3. The summed E-state index contributed by atoms with van der Waals surface area (Å²) in [6, 6.07) is 0. The molecule has 0 rings (SSSR count). The molecule has 0 saturated heterocycles. The number of guanidine groups is 1. The van der Waals surface area contributed by atoms with Gasteiger partial charge in [-0.05, 0) is 18.3 Å². The summed E-state index contributed by atoms with van der Waals surface area (Å²) in [5, 5.41) is 3.41. The molecule has 0 saturated carbocycles. The molecule has 17 heavy (non-hydrogen) atoms. The van der Waals surface area contributed by atoms with E-state index in [2.05, 4.69) is 50.0 Å². The normalized spacial score (nSPS) is 12.0. The van der Waals surface area contributed by atoms with Gasteiger partial charge in [-0.3, -0.25) is 4.99 Å². The Hall–Kier alpha value is 0. The monoisotopic (exact) mass is 355 g/mol. The van der Waals surface area contributed by atoms with Crippen LogP contribution < -0.4 is 5.32 Å². The molecule has 3 nitrogen and oxygen atoms in total. The van der Waals surface area contributed by atoms with Crippen LogP contribution in [0, 0.1) is 5.41 Å². The van der Waals surface area contributed by atoms with Gasteiger partial charge >= 0.3 is 0 Å². The Bertz CT molecular complexity index is 209. The molecule has 0 aliphatic heterocycles. The van der Waals surface area contributed by atoms with Crippen molar-refractivity contribution in [3.63, 3.8) is 0 Å². The molecule has 0 aromatic rings. The van der Waals surface area contributed by atoms with Crippen molar-refractivity contribution in [3.8, 4) is 0 Å². The van der Waals surface area contributed by atoms with Gasteiger partial charge in [-0.25, -0.2) is 0 Å². The summed E-state index contributed by atoms with van der Waals surface area (Å²) in [7, 11) is 3.95. The minimum absolute atomic E-state index is 0. The van der Waals surface area contributed by atoms with Gasteiger partial charge in [0.05, 0.1) is 0 Å². The number of hydrogen-bond donors (Lipinski definition) is 1. The number of aliphatic imine (C=N–C) groups is 1. The first-order valence-corrected chi connectivity index (χ1v) is 6.32. The number of unbranched alkanes of at least 4 members (excludes halogenated alkanes) is 1. The van der Waals surface area contributed by atoms with Crippen molar-refractivity contribution in [2.45, 2.75) is 47.0 Å². The first-order chi connectivity index (χ1) is 7.40. The van der Waals surface area contributed by atoms with Crippen LogP contribution in [-0.2, 0) is 0 Å². The van der Waals surface area contributed by atoms with Crippen molar-refractivity contribution < 1.29 is 0 Å². The van der Waals surface area contributed by atoms with Crippen molar-refractivity contribution in [3.05, 3.63) is 0 Å². The Morgan fingerprint density at radius 3 is 2.29 bits per heavy atom. The van der Waals surface area contributed by atoms with E-state index >= 15 is 0 Å². The summed E-state index contributed by atoms with van der Waals surface area (Å²) in [5.74, 6) is 1.01. The molecule has 0 aliphatic carbocycles. The predicted octanol–water partition coefficient (Wildman–Crippen LogP) is 3.35. The average Bonchev–Trinajstić information content (AvgIpc) is 2.19. The van der Waals surface area contributed by atoms with Gasteiger partial charge in [-0.1, -0.05) is 34.1 Å². The third-order valence-electron chi connectivity index (χ3n) is 2.58. The highest BCUT2D eigenvalue weighted by Gasteiger charge is 2.10. The molecule has 0 bridgehead atoms. The van der Waals surface area contributed by atoms with Crippen molar-refractivity contribution in [2.75, 3.05) is 27.2 Å². The highest BCUT2D eigenvalue weighted by Crippen LogP contribution is 2.16. The van der Waals surface area contributed by atoms with E-state index in [1.165, 1.54) is 12.8 Å². The van der Waals surface area contributed by atoms with Crippen LogP contribution in [-0.4, -0.2) is 38.0 Å². The molecule has 4 heteroatoms. The van der Waals surface area contributed by atoms with Gasteiger partial charge in [0.2, 0.25) is 0 Å². The number of halogens is 1. The van der Waals surface area contributed by atoms with Crippen LogP contribution in [0.15, 0.2) is 4.99 Å². The number of hydrogen-bond acceptors (Lipinski definition) is 1. The van der Waals surface area contributed by atoms with Gasteiger partial charge in [0.1, 0.15) is 0 Å². The molecule has 0 amide bonds. The minimum Gasteiger partial charge on any atom is -0.356 e. The highest BCUT2D eigenvalue weighted by atomic mass is 127. The zero-order chi connectivity index (χ0) is 12.6. The zero-order valence-corrected chi connectivity index (χ0v) is 14.7. The Kier molecular flexibility index (Phi) is 11.3. The van der Waals surface area contributed by atoms with Gasteiger partial charge in [0, 0.05) is 27.2 Å². The van der Waals surface area contributed by atoms with E-state index in [-0.39, 0.29) is 24.0 Å². The van der Waals surface area contributed by atoms with E-state index in [1.54, 1.807) is 0 Å². The van der Waals surface area contributed by atoms with E-state index in [1.807, 2.05) is 7.05 Å². The van der Waals surface area contributed by atoms with Crippen molar-refractivity contribution in [1.29, 1.82) is 0 Å². The average molecular weight is 355 g/mol. The number of nitrogens with zero attached hydrogens (tertiary/aromatic N) is 2. The second-order valence-corrected chi connectivity index (χ2v) is 5.56. The van der Waals surface area contributed by atoms with Crippen molar-refractivity contribution in [1.82, 2.24) is 10.2 Å². The summed E-state index contributed by atoms with van der Waals surface area (Å²) in [6.07, 6.45) is 3.60. The highest BCUT2D eigenvalue weighted by molar-refractivity contribution is 14.0. The fourth-order valence-electron chi connectivity index (χ4n) is 1.44. The van der Waals surface area contributed by atoms with E-state index in [0.717, 1.165) is 25.5 Å². The fraction of sp³-hybridized carbons (Fsp3) is 0.923. The molecule has 0 aromatic heterocycles. The van der Waals surface area contributed by atoms with Crippen molar-refractivity contribution in [2.24, 2.45) is 10.4 Å². The van der Waals surface area contributed by atoms with Crippen LogP contribution in [0.4, 0.5) is 0 Å². The number of rotatable bonds is 5. The fourth-order valence-corrected chi connectivity index (χ4v) is 1.44. The smallest absolute Gasteiger partial charge is 0.193 e. The maximum Gasteiger partial charge on any atom is 0.193 e. The molecule has 104 valence electrons. The topological polar surface area (TPSA) is 27.6 Å². The summed E-state index contributed by atoms with van der Waals surface area (Å²) >= 11 is 0. The van der Waals surface area contributed by atoms with Crippen LogP contribution in [0.25, 0.3) is 0 Å². The molecule has 0 aliphatic rings. The molecule has 0 spiro atoms. The SMILES string of the molecule is CCCCN(C)C(=NC)NCCC(C)(C)C.I. The standard InChI is InChI=1S/C13H29N3.HI/c1-7-8-11-16(6)12(14-5)15-10-9-13(2,3)4;/h7-11H2,1-6H3,(H,14,15);1H. The molecule has 0 heterocycles. The summed E-state index contributed by atoms with van der Waals surface area (Å²) in [6.45, 7) is 11.1. The second-order valence-electron chi connectivity index (χ2n) is 5.56. The first-order valence-electron chi connectivity index (χ1n) is 6.32. The van der Waals surface area contributed by atoms with Gasteiger partial charge in [-0.15, -0.1) is 24.0 Å². The second kappa shape index (κ2) is 9.97. The molecule has 0 fully saturated rings. The zero-order valence-electron chi connectivity index (χ0n) is 12.3. The van der Waals surface area contributed by atoms with Crippen LogP contribution in [0.3, 0.4) is 0 Å². The molecule has 1 N–H and O–H groups in total. The van der Waals surface area contributed by atoms with Crippen LogP contribution in [0.5, 0.6) is 0 Å². The number of nitrogens with one attached hydrogen (secondary N) is 1. The lowest BCUT2D eigenvalue weighted by Crippen LogP contribution is -2.40. The largest absolute Gasteiger partial charge is 0.356 e. The van der Waals surface area contributed by atoms with Crippen LogP contribution >= 0.6 is 24.0 Å². The maximum absolute atomic E-state index is 4.29. The van der Waals surface area contributed by atoms with E-state index < -0.39 is 0 Å². The van der Waals surface area contributed by atoms with E-state index in [4.69, 9.17) is 0 Å². The minimum atomic E-state index is 0. The molecular weight excluding hydrogens is 325 g/mol. The predicted molar refractivity (Wildman–Crippen MR) is 88.4 cm³/mol. The summed E-state index contributed by atoms with van der Waals surface area (Å²) in [4.78, 5) is 6.49. The molecule has 0 atom stereocenters. The Balaban J connectivity index is 0. The molecular formula is C13H30IN3. The van der Waals surface area contributed by atoms with Gasteiger partial charge in [0.25, 0.3) is 0 Å². The summed E-state index contributed by atoms with van der Waals surface area (Å²) in [5.41, 5.74) is 0.383. The maximum atomic E-state index is 4.29. The van der Waals surface area contributed by atoms with Gasteiger partial charge < -0.3 is 10.2 Å². The van der Waals surface area contributed by atoms with E-state index in [9.17, 15) is 0 Å². The Labute approximate surface area is 124 Å². The lowest BCUT2D eigenvalue weighted by Gasteiger charge is -2.24. The third-order valence-corrected chi connectivity index (χ3v) is 2.58. The lowest BCUT2D eigenvalue weighted by atomic mass is 9.92. The van der Waals surface area contributed by atoms with Gasteiger partial charge in [-0.2, -0.15) is 0 Å². The quantitative estimate of drug-likeness (QED) is 0.465. The third kappa shape index (κ3) is 10.9. The van der Waals surface area contributed by atoms with Crippen LogP contribution in [0.1, 0.15) is 47.0 Å². The molecule has 0 aromatic carbocycles. The Morgan fingerprint density at radius 2 is 1.88 bits per heavy atom. The van der Waals surface area contributed by atoms with Gasteiger partial charge in [0.15, 0.2) is 5.96 Å². The summed E-state index contributed by atoms with van der Waals surface area (Å²) < 4.78 is 0. The molecule has 0 unspecified atom stereocenters. The van der Waals surface area contributed by atoms with Crippen molar-refractivity contribution >= 4 is 29.9 Å². The molecule has 0 radical (unpaired) electrons. The Morgan fingerprint density at radius 1 is 1.29 bits per heavy atom. The van der Waals surface area contributed by atoms with Crippen LogP contribution in [0.2, 0.25) is 0 Å². The lowest BCUT2D eigenvalue weighted by molar-refractivity contribution is 0.372. The van der Waals surface area contributed by atoms with E-state index in [0.29, 0.717) is 5.41 Å².